The van der Waals surface area contributed by atoms with Gasteiger partial charge in [-0.1, -0.05) is 23.7 Å². The average molecular weight is 357 g/mol. The molecule has 0 saturated carbocycles. The van der Waals surface area contributed by atoms with E-state index >= 15 is 0 Å². The number of benzene rings is 2. The third-order valence-corrected chi connectivity index (χ3v) is 4.39. The molecule has 0 amide bonds. The highest BCUT2D eigenvalue weighted by atomic mass is 35.5. The molecular formula is C18H14ClFN4O. The first-order chi connectivity index (χ1) is 12.2. The third kappa shape index (κ3) is 2.83. The van der Waals surface area contributed by atoms with Crippen molar-refractivity contribution in [1.29, 1.82) is 0 Å². The number of halogens is 2. The summed E-state index contributed by atoms with van der Waals surface area (Å²) in [6.07, 6.45) is 0. The van der Waals surface area contributed by atoms with Gasteiger partial charge in [-0.2, -0.15) is 5.10 Å². The molecule has 1 N–H and O–H groups in total. The molecule has 0 radical (unpaired) electrons. The van der Waals surface area contributed by atoms with E-state index in [2.05, 4.69) is 15.2 Å². The summed E-state index contributed by atoms with van der Waals surface area (Å²) < 4.78 is 14.4. The number of anilines is 1. The van der Waals surface area contributed by atoms with Crippen molar-refractivity contribution in [3.05, 3.63) is 64.4 Å². The minimum atomic E-state index is -0.346. The van der Waals surface area contributed by atoms with Crippen LogP contribution in [0.25, 0.3) is 0 Å². The van der Waals surface area contributed by atoms with Gasteiger partial charge in [0.2, 0.25) is 0 Å². The molecule has 0 atom stereocenters. The molecule has 0 fully saturated rings. The number of nitrogens with zero attached hydrogens (tertiary/aromatic N) is 4. The number of amidine groups is 1. The van der Waals surface area contributed by atoms with Crippen molar-refractivity contribution in [2.75, 3.05) is 24.6 Å². The Hall–Kier alpha value is -2.57. The number of fused-ring (bicyclic) bond motifs is 3. The SMILES string of the molecule is OCC1=NN=C2CN=C(c3ccccc3F)c3cc(Cl)ccc3N2C1. The van der Waals surface area contributed by atoms with Crippen molar-refractivity contribution in [3.63, 3.8) is 0 Å². The minimum Gasteiger partial charge on any atom is -0.390 e. The second-order valence-electron chi connectivity index (χ2n) is 5.73. The Morgan fingerprint density at radius 3 is 2.76 bits per heavy atom. The molecule has 7 heteroatoms. The van der Waals surface area contributed by atoms with E-state index in [-0.39, 0.29) is 19.0 Å². The molecule has 2 aromatic carbocycles. The molecule has 2 heterocycles. The molecule has 0 aromatic heterocycles. The van der Waals surface area contributed by atoms with Gasteiger partial charge in [0.25, 0.3) is 0 Å². The molecular weight excluding hydrogens is 343 g/mol. The summed E-state index contributed by atoms with van der Waals surface area (Å²) in [5, 5.41) is 18.1. The molecule has 4 rings (SSSR count). The zero-order chi connectivity index (χ0) is 17.4. The average Bonchev–Trinajstić information content (AvgIpc) is 2.78. The van der Waals surface area contributed by atoms with Crippen molar-refractivity contribution >= 4 is 34.5 Å². The van der Waals surface area contributed by atoms with Crippen LogP contribution in [0.4, 0.5) is 10.1 Å². The fourth-order valence-electron chi connectivity index (χ4n) is 2.96. The Bertz CT molecular complexity index is 938. The van der Waals surface area contributed by atoms with E-state index in [1.54, 1.807) is 30.3 Å². The lowest BCUT2D eigenvalue weighted by molar-refractivity contribution is 0.355. The molecule has 0 bridgehead atoms. The normalized spacial score (nSPS) is 16.3. The van der Waals surface area contributed by atoms with Crippen molar-refractivity contribution in [2.45, 2.75) is 0 Å². The molecule has 2 aromatic rings. The maximum atomic E-state index is 14.4. The number of hydrogen-bond acceptors (Lipinski definition) is 5. The molecule has 0 spiro atoms. The van der Waals surface area contributed by atoms with Gasteiger partial charge in [0.05, 0.1) is 36.8 Å². The van der Waals surface area contributed by atoms with E-state index in [4.69, 9.17) is 11.6 Å². The predicted molar refractivity (Wildman–Crippen MR) is 97.7 cm³/mol. The summed E-state index contributed by atoms with van der Waals surface area (Å²) >= 11 is 6.19. The topological polar surface area (TPSA) is 60.6 Å². The summed E-state index contributed by atoms with van der Waals surface area (Å²) in [7, 11) is 0. The Labute approximate surface area is 148 Å². The first kappa shape index (κ1) is 15.9. The van der Waals surface area contributed by atoms with E-state index in [0.29, 0.717) is 34.4 Å². The lowest BCUT2D eigenvalue weighted by Gasteiger charge is -2.27. The lowest BCUT2D eigenvalue weighted by atomic mass is 9.99. The quantitative estimate of drug-likeness (QED) is 0.899. The number of aliphatic hydroxyl groups is 1. The molecule has 126 valence electrons. The smallest absolute Gasteiger partial charge is 0.154 e. The highest BCUT2D eigenvalue weighted by molar-refractivity contribution is 6.32. The lowest BCUT2D eigenvalue weighted by Crippen LogP contribution is -2.40. The second kappa shape index (κ2) is 6.38. The summed E-state index contributed by atoms with van der Waals surface area (Å²) in [5.41, 5.74) is 3.03. The Kier molecular flexibility index (Phi) is 4.07. The van der Waals surface area contributed by atoms with Crippen LogP contribution < -0.4 is 4.90 Å². The Balaban J connectivity index is 1.91. The summed E-state index contributed by atoms with van der Waals surface area (Å²) in [6, 6.07) is 11.9. The fraction of sp³-hybridized carbons (Fsp3) is 0.167. The zero-order valence-electron chi connectivity index (χ0n) is 13.2. The van der Waals surface area contributed by atoms with E-state index in [9.17, 15) is 9.50 Å². The standard InChI is InChI=1S/C18H14ClFN4O/c19-11-5-6-16-14(7-11)18(13-3-1-2-4-15(13)20)21-8-17-23-22-12(10-25)9-24(16)17/h1-7,25H,8-10H2. The second-order valence-corrected chi connectivity index (χ2v) is 6.17. The predicted octanol–water partition coefficient (Wildman–Crippen LogP) is 2.90. The Morgan fingerprint density at radius 2 is 1.96 bits per heavy atom. The van der Waals surface area contributed by atoms with E-state index in [1.165, 1.54) is 6.07 Å². The molecule has 0 unspecified atom stereocenters. The van der Waals surface area contributed by atoms with Crippen LogP contribution in [0.2, 0.25) is 5.02 Å². The van der Waals surface area contributed by atoms with Crippen molar-refractivity contribution < 1.29 is 9.50 Å². The van der Waals surface area contributed by atoms with Gasteiger partial charge < -0.3 is 10.0 Å². The van der Waals surface area contributed by atoms with Crippen LogP contribution in [0.15, 0.2) is 57.7 Å². The molecule has 0 aliphatic carbocycles. The van der Waals surface area contributed by atoms with Gasteiger partial charge in [0.15, 0.2) is 5.84 Å². The van der Waals surface area contributed by atoms with Crippen molar-refractivity contribution in [1.82, 2.24) is 0 Å². The minimum absolute atomic E-state index is 0.169. The largest absolute Gasteiger partial charge is 0.390 e. The fourth-order valence-corrected chi connectivity index (χ4v) is 3.13. The van der Waals surface area contributed by atoms with Crippen molar-refractivity contribution in [2.24, 2.45) is 15.2 Å². The number of aliphatic imine (C=N–C) groups is 1. The number of aliphatic hydroxyl groups excluding tert-OH is 1. The summed E-state index contributed by atoms with van der Waals surface area (Å²) in [4.78, 5) is 6.52. The summed E-state index contributed by atoms with van der Waals surface area (Å²) in [6.45, 7) is 0.499. The van der Waals surface area contributed by atoms with Gasteiger partial charge in [-0.15, -0.1) is 5.10 Å². The van der Waals surface area contributed by atoms with Gasteiger partial charge in [-0.25, -0.2) is 4.39 Å². The summed E-state index contributed by atoms with van der Waals surface area (Å²) in [5.74, 6) is 0.299. The van der Waals surface area contributed by atoms with Gasteiger partial charge in [-0.05, 0) is 30.3 Å². The van der Waals surface area contributed by atoms with Crippen LogP contribution in [0.1, 0.15) is 11.1 Å². The Morgan fingerprint density at radius 1 is 1.12 bits per heavy atom. The monoisotopic (exact) mass is 356 g/mol. The molecule has 5 nitrogen and oxygen atoms in total. The maximum absolute atomic E-state index is 14.4. The number of hydrogen-bond donors (Lipinski definition) is 1. The van der Waals surface area contributed by atoms with Crippen LogP contribution in [0, 0.1) is 5.82 Å². The molecule has 0 saturated heterocycles. The number of rotatable bonds is 2. The van der Waals surface area contributed by atoms with Gasteiger partial charge in [-0.3, -0.25) is 4.99 Å². The third-order valence-electron chi connectivity index (χ3n) is 4.15. The highest BCUT2D eigenvalue weighted by Gasteiger charge is 2.28. The van der Waals surface area contributed by atoms with Crippen LogP contribution in [0.3, 0.4) is 0 Å². The highest BCUT2D eigenvalue weighted by Crippen LogP contribution is 2.31. The van der Waals surface area contributed by atoms with Gasteiger partial charge in [0.1, 0.15) is 5.82 Å². The first-order valence-corrected chi connectivity index (χ1v) is 8.15. The van der Waals surface area contributed by atoms with E-state index < -0.39 is 0 Å². The van der Waals surface area contributed by atoms with Crippen LogP contribution >= 0.6 is 11.6 Å². The van der Waals surface area contributed by atoms with E-state index in [1.807, 2.05) is 11.0 Å². The maximum Gasteiger partial charge on any atom is 0.154 e. The van der Waals surface area contributed by atoms with Crippen LogP contribution in [-0.2, 0) is 0 Å². The van der Waals surface area contributed by atoms with Gasteiger partial charge in [0, 0.05) is 16.1 Å². The van der Waals surface area contributed by atoms with E-state index in [0.717, 1.165) is 11.3 Å². The molecule has 2 aliphatic rings. The van der Waals surface area contributed by atoms with Crippen molar-refractivity contribution in [3.8, 4) is 0 Å². The zero-order valence-corrected chi connectivity index (χ0v) is 13.9. The van der Waals surface area contributed by atoms with Crippen LogP contribution in [0.5, 0.6) is 0 Å². The first-order valence-electron chi connectivity index (χ1n) is 7.77. The molecule has 2 aliphatic heterocycles. The molecule has 25 heavy (non-hydrogen) atoms. The van der Waals surface area contributed by atoms with Gasteiger partial charge >= 0.3 is 0 Å². The van der Waals surface area contributed by atoms with Crippen LogP contribution in [-0.4, -0.2) is 42.1 Å².